The topological polar surface area (TPSA) is 38.7 Å². The van der Waals surface area contributed by atoms with Gasteiger partial charge in [-0.3, -0.25) is 0 Å². The third-order valence-corrected chi connectivity index (χ3v) is 2.58. The molecule has 1 unspecified atom stereocenters. The van der Waals surface area contributed by atoms with Gasteiger partial charge in [0.15, 0.2) is 0 Å². The summed E-state index contributed by atoms with van der Waals surface area (Å²) < 4.78 is 10.6. The predicted molar refractivity (Wildman–Crippen MR) is 54.7 cm³/mol. The molecule has 1 heterocycles. The zero-order valence-corrected chi connectivity index (χ0v) is 8.36. The van der Waals surface area contributed by atoms with Gasteiger partial charge in [0.2, 0.25) is 0 Å². The van der Waals surface area contributed by atoms with Crippen molar-refractivity contribution in [3.63, 3.8) is 0 Å². The van der Waals surface area contributed by atoms with Crippen LogP contribution < -0.4 is 10.2 Å². The highest BCUT2D eigenvalue weighted by Gasteiger charge is 2.36. The van der Waals surface area contributed by atoms with E-state index in [1.54, 1.807) is 7.11 Å². The molecule has 14 heavy (non-hydrogen) atoms. The molecule has 3 nitrogen and oxygen atoms in total. The van der Waals surface area contributed by atoms with Crippen molar-refractivity contribution >= 4 is 12.6 Å². The highest BCUT2D eigenvalue weighted by Crippen LogP contribution is 2.29. The van der Waals surface area contributed by atoms with Crippen LogP contribution in [-0.2, 0) is 4.65 Å². The lowest BCUT2D eigenvalue weighted by molar-refractivity contribution is 0.186. The lowest BCUT2D eigenvalue weighted by Gasteiger charge is -2.08. The Morgan fingerprint density at radius 3 is 3.00 bits per heavy atom. The molecule has 0 amide bonds. The van der Waals surface area contributed by atoms with Gasteiger partial charge in [0, 0.05) is 5.46 Å². The third kappa shape index (κ3) is 1.31. The van der Waals surface area contributed by atoms with E-state index in [9.17, 15) is 5.02 Å². The molecule has 0 spiro atoms. The molecular weight excluding hydrogens is 179 g/mol. The Morgan fingerprint density at radius 1 is 1.57 bits per heavy atom. The maximum Gasteiger partial charge on any atom is 0.495 e. The molecule has 0 radical (unpaired) electrons. The van der Waals surface area contributed by atoms with Crippen molar-refractivity contribution < 1.29 is 14.4 Å². The number of ether oxygens (including phenoxy) is 1. The quantitative estimate of drug-likeness (QED) is 0.706. The van der Waals surface area contributed by atoms with Crippen LogP contribution in [0.5, 0.6) is 5.75 Å². The number of rotatable bonds is 2. The first-order valence-electron chi connectivity index (χ1n) is 4.78. The summed E-state index contributed by atoms with van der Waals surface area (Å²) in [5.41, 5.74) is 1.82. The summed E-state index contributed by atoms with van der Waals surface area (Å²) in [7, 11) is 0.757. The Bertz CT molecular complexity index is 340. The molecule has 0 saturated heterocycles. The lowest BCUT2D eigenvalue weighted by Crippen LogP contribution is -2.29. The molecule has 0 aromatic heterocycles. The summed E-state index contributed by atoms with van der Waals surface area (Å²) in [5.74, 6) is 0.700. The van der Waals surface area contributed by atoms with Gasteiger partial charge in [0.25, 0.3) is 0 Å². The van der Waals surface area contributed by atoms with Gasteiger partial charge in [-0.15, -0.1) is 0 Å². The van der Waals surface area contributed by atoms with Crippen molar-refractivity contribution in [3.8, 4) is 5.75 Å². The van der Waals surface area contributed by atoms with E-state index in [2.05, 4.69) is 0 Å². The fraction of sp³-hybridized carbons (Fsp3) is 0.400. The monoisotopic (exact) mass is 192 g/mol. The minimum absolute atomic E-state index is 0.00454. The van der Waals surface area contributed by atoms with Crippen LogP contribution in [0.4, 0.5) is 0 Å². The average molecular weight is 192 g/mol. The predicted octanol–water partition coefficient (Wildman–Crippen LogP) is 0.864. The lowest BCUT2D eigenvalue weighted by atomic mass is 9.78. The highest BCUT2D eigenvalue weighted by molar-refractivity contribution is 6.62. The van der Waals surface area contributed by atoms with Crippen molar-refractivity contribution in [2.75, 3.05) is 7.11 Å². The normalized spacial score (nSPS) is 19.6. The molecular formula is C10H13BO3. The average Bonchev–Trinajstić information content (AvgIpc) is 2.55. The molecule has 1 N–H and O–H groups in total. The van der Waals surface area contributed by atoms with E-state index in [0.29, 0.717) is 5.75 Å². The van der Waals surface area contributed by atoms with Gasteiger partial charge in [-0.2, -0.15) is 0 Å². The van der Waals surface area contributed by atoms with E-state index in [4.69, 9.17) is 9.39 Å². The van der Waals surface area contributed by atoms with Crippen LogP contribution in [0.25, 0.3) is 0 Å². The molecule has 1 aliphatic heterocycles. The first-order chi connectivity index (χ1) is 6.77. The van der Waals surface area contributed by atoms with Crippen molar-refractivity contribution in [1.29, 1.82) is 0 Å². The molecule has 1 atom stereocenters. The van der Waals surface area contributed by atoms with Crippen LogP contribution in [0.15, 0.2) is 18.2 Å². The molecule has 0 fully saturated rings. The van der Waals surface area contributed by atoms with Crippen molar-refractivity contribution in [2.45, 2.75) is 19.4 Å². The summed E-state index contributed by atoms with van der Waals surface area (Å²) >= 11 is 0. The summed E-state index contributed by atoms with van der Waals surface area (Å²) in [6.45, 7) is 2.03. The van der Waals surface area contributed by atoms with Gasteiger partial charge in [0.1, 0.15) is 5.75 Å². The Balaban J connectivity index is 2.49. The van der Waals surface area contributed by atoms with Crippen LogP contribution in [0.1, 0.15) is 25.0 Å². The van der Waals surface area contributed by atoms with Gasteiger partial charge < -0.3 is 14.4 Å². The first kappa shape index (κ1) is 9.56. The summed E-state index contributed by atoms with van der Waals surface area (Å²) in [5, 5.41) is 9.69. The van der Waals surface area contributed by atoms with Crippen LogP contribution in [0.2, 0.25) is 0 Å². The largest absolute Gasteiger partial charge is 0.497 e. The molecule has 1 aromatic carbocycles. The van der Waals surface area contributed by atoms with E-state index in [1.807, 2.05) is 25.1 Å². The van der Waals surface area contributed by atoms with E-state index < -0.39 is 7.12 Å². The molecule has 4 heteroatoms. The second kappa shape index (κ2) is 3.63. The van der Waals surface area contributed by atoms with Gasteiger partial charge in [-0.1, -0.05) is 19.1 Å². The Morgan fingerprint density at radius 2 is 2.36 bits per heavy atom. The van der Waals surface area contributed by atoms with E-state index in [0.717, 1.165) is 17.4 Å². The number of hydrogen-bond acceptors (Lipinski definition) is 3. The maximum atomic E-state index is 9.69. The van der Waals surface area contributed by atoms with Gasteiger partial charge in [-0.25, -0.2) is 0 Å². The summed E-state index contributed by atoms with van der Waals surface area (Å²) in [6.07, 6.45) is 0.854. The zero-order valence-electron chi connectivity index (χ0n) is 8.36. The number of hydrogen-bond donors (Lipinski definition) is 1. The maximum absolute atomic E-state index is 9.69. The highest BCUT2D eigenvalue weighted by atomic mass is 16.5. The molecule has 74 valence electrons. The van der Waals surface area contributed by atoms with E-state index >= 15 is 0 Å². The van der Waals surface area contributed by atoms with Crippen LogP contribution in [0.3, 0.4) is 0 Å². The van der Waals surface area contributed by atoms with Crippen LogP contribution >= 0.6 is 0 Å². The summed E-state index contributed by atoms with van der Waals surface area (Å²) in [6, 6.07) is 5.73. The van der Waals surface area contributed by atoms with Gasteiger partial charge >= 0.3 is 7.12 Å². The number of fused-ring (bicyclic) bond motifs is 1. The first-order valence-corrected chi connectivity index (χ1v) is 4.78. The summed E-state index contributed by atoms with van der Waals surface area (Å²) in [4.78, 5) is 0. The molecule has 1 aliphatic rings. The second-order valence-corrected chi connectivity index (χ2v) is 3.35. The minimum atomic E-state index is -0.842. The SMILES string of the molecule is CCC1OB(O)c2c(OC)cccc21. The molecule has 0 bridgehead atoms. The smallest absolute Gasteiger partial charge is 0.495 e. The third-order valence-electron chi connectivity index (χ3n) is 2.58. The van der Waals surface area contributed by atoms with Crippen LogP contribution in [0, 0.1) is 0 Å². The van der Waals surface area contributed by atoms with Crippen molar-refractivity contribution in [1.82, 2.24) is 0 Å². The number of benzene rings is 1. The Hall–Kier alpha value is -0.995. The number of methoxy groups -OCH3 is 1. The van der Waals surface area contributed by atoms with Gasteiger partial charge in [0.05, 0.1) is 13.2 Å². The Kier molecular flexibility index (Phi) is 2.48. The van der Waals surface area contributed by atoms with E-state index in [-0.39, 0.29) is 6.10 Å². The van der Waals surface area contributed by atoms with Crippen molar-refractivity contribution in [2.24, 2.45) is 0 Å². The molecule has 2 rings (SSSR count). The van der Waals surface area contributed by atoms with Crippen LogP contribution in [-0.4, -0.2) is 19.3 Å². The fourth-order valence-corrected chi connectivity index (χ4v) is 1.90. The standard InChI is InChI=1S/C10H13BO3/c1-3-8-7-5-4-6-9(13-2)10(7)11(12)14-8/h4-6,8,12H,3H2,1-2H3. The van der Waals surface area contributed by atoms with Crippen molar-refractivity contribution in [3.05, 3.63) is 23.8 Å². The molecule has 1 aromatic rings. The minimum Gasteiger partial charge on any atom is -0.497 e. The fourth-order valence-electron chi connectivity index (χ4n) is 1.90. The second-order valence-electron chi connectivity index (χ2n) is 3.35. The van der Waals surface area contributed by atoms with Gasteiger partial charge in [-0.05, 0) is 18.1 Å². The Labute approximate surface area is 83.8 Å². The molecule has 0 aliphatic carbocycles. The zero-order chi connectivity index (χ0) is 10.1. The van der Waals surface area contributed by atoms with E-state index in [1.165, 1.54) is 0 Å². The molecule has 0 saturated carbocycles.